The molecule has 0 bridgehead atoms. The summed E-state index contributed by atoms with van der Waals surface area (Å²) in [6.45, 7) is 5.15. The van der Waals surface area contributed by atoms with E-state index in [1.54, 1.807) is 7.05 Å². The van der Waals surface area contributed by atoms with Crippen molar-refractivity contribution in [2.45, 2.75) is 38.0 Å². The highest BCUT2D eigenvalue weighted by Crippen LogP contribution is 2.29. The van der Waals surface area contributed by atoms with Gasteiger partial charge in [-0.15, -0.1) is 35.3 Å². The van der Waals surface area contributed by atoms with E-state index in [0.717, 1.165) is 68.8 Å². The van der Waals surface area contributed by atoms with E-state index in [4.69, 9.17) is 4.74 Å². The van der Waals surface area contributed by atoms with E-state index in [2.05, 4.69) is 25.5 Å². The van der Waals surface area contributed by atoms with Gasteiger partial charge in [-0.25, -0.2) is 4.98 Å². The van der Waals surface area contributed by atoms with Crippen molar-refractivity contribution in [1.82, 2.24) is 20.5 Å². The SMILES string of the molecule is CN=C(NCc1nc(C(F)(F)F)cs1)NC1CCN(CC2CCOC2)CC1.I. The van der Waals surface area contributed by atoms with E-state index in [1.807, 2.05) is 0 Å². The van der Waals surface area contributed by atoms with Crippen LogP contribution in [0.5, 0.6) is 0 Å². The molecule has 0 spiro atoms. The van der Waals surface area contributed by atoms with Crippen molar-refractivity contribution in [2.75, 3.05) is 39.9 Å². The lowest BCUT2D eigenvalue weighted by Crippen LogP contribution is -2.49. The molecule has 0 saturated carbocycles. The predicted octanol–water partition coefficient (Wildman–Crippen LogP) is 2.95. The molecule has 1 aromatic heterocycles. The van der Waals surface area contributed by atoms with Crippen LogP contribution in [-0.4, -0.2) is 61.8 Å². The summed E-state index contributed by atoms with van der Waals surface area (Å²) >= 11 is 0.997. The molecule has 2 saturated heterocycles. The number of guanidine groups is 1. The Hall–Kier alpha value is -0.660. The predicted molar refractivity (Wildman–Crippen MR) is 114 cm³/mol. The maximum Gasteiger partial charge on any atom is 0.434 e. The molecular weight excluding hydrogens is 506 g/mol. The topological polar surface area (TPSA) is 61.8 Å². The number of hydrogen-bond acceptors (Lipinski definition) is 5. The van der Waals surface area contributed by atoms with Crippen LogP contribution in [0.4, 0.5) is 13.2 Å². The van der Waals surface area contributed by atoms with Crippen LogP contribution in [-0.2, 0) is 17.5 Å². The third kappa shape index (κ3) is 6.99. The Labute approximate surface area is 184 Å². The largest absolute Gasteiger partial charge is 0.434 e. The first-order valence-corrected chi connectivity index (χ1v) is 10.1. The molecule has 6 nitrogen and oxygen atoms in total. The molecule has 3 heterocycles. The Kier molecular flexibility index (Phi) is 9.22. The highest BCUT2D eigenvalue weighted by Gasteiger charge is 2.33. The van der Waals surface area contributed by atoms with Crippen LogP contribution in [0.3, 0.4) is 0 Å². The lowest BCUT2D eigenvalue weighted by atomic mass is 10.0. The van der Waals surface area contributed by atoms with Gasteiger partial charge >= 0.3 is 6.18 Å². The maximum atomic E-state index is 12.6. The fourth-order valence-electron chi connectivity index (χ4n) is 3.42. The summed E-state index contributed by atoms with van der Waals surface area (Å²) in [5, 5.41) is 7.85. The van der Waals surface area contributed by atoms with Gasteiger partial charge in [0.15, 0.2) is 11.7 Å². The number of likely N-dealkylation sites (tertiary alicyclic amines) is 1. The number of aromatic nitrogens is 1. The normalized spacial score (nSPS) is 22.1. The number of thiazole rings is 1. The van der Waals surface area contributed by atoms with Crippen LogP contribution < -0.4 is 10.6 Å². The number of rotatable bonds is 5. The average Bonchev–Trinajstić information content (AvgIpc) is 3.31. The number of nitrogens with zero attached hydrogens (tertiary/aromatic N) is 3. The van der Waals surface area contributed by atoms with Crippen LogP contribution in [0, 0.1) is 5.92 Å². The summed E-state index contributed by atoms with van der Waals surface area (Å²) in [4.78, 5) is 10.3. The first-order chi connectivity index (χ1) is 12.9. The zero-order valence-corrected chi connectivity index (χ0v) is 18.9. The summed E-state index contributed by atoms with van der Waals surface area (Å²) in [5.41, 5.74) is -0.840. The van der Waals surface area contributed by atoms with E-state index in [0.29, 0.717) is 22.9 Å². The summed E-state index contributed by atoms with van der Waals surface area (Å²) in [6, 6.07) is 0.314. The number of halogens is 4. The summed E-state index contributed by atoms with van der Waals surface area (Å²) in [5.74, 6) is 1.25. The number of piperidine rings is 1. The molecular formula is C17H27F3IN5OS. The van der Waals surface area contributed by atoms with Crippen LogP contribution in [0.15, 0.2) is 10.4 Å². The molecule has 2 aliphatic heterocycles. The van der Waals surface area contributed by atoms with Crippen LogP contribution in [0.2, 0.25) is 0 Å². The molecule has 2 fully saturated rings. The second-order valence-electron chi connectivity index (χ2n) is 7.00. The fraction of sp³-hybridized carbons (Fsp3) is 0.765. The van der Waals surface area contributed by atoms with Crippen molar-refractivity contribution in [2.24, 2.45) is 10.9 Å². The van der Waals surface area contributed by atoms with Gasteiger partial charge in [0.25, 0.3) is 0 Å². The minimum absolute atomic E-state index is 0. The molecule has 0 aromatic carbocycles. The highest BCUT2D eigenvalue weighted by atomic mass is 127. The molecule has 0 amide bonds. The minimum atomic E-state index is -4.40. The molecule has 1 aromatic rings. The number of aliphatic imine (C=N–C) groups is 1. The standard InChI is InChI=1S/C17H26F3N5OS.HI/c1-21-16(22-8-15-24-14(11-27-15)17(18,19)20)23-13-2-5-25(6-3-13)9-12-4-7-26-10-12;/h11-13H,2-10H2,1H3,(H2,21,22,23);1H. The van der Waals surface area contributed by atoms with Gasteiger partial charge in [-0.05, 0) is 25.2 Å². The van der Waals surface area contributed by atoms with Gasteiger partial charge in [0.05, 0.1) is 13.2 Å². The number of hydrogen-bond donors (Lipinski definition) is 2. The Morgan fingerprint density at radius 3 is 2.68 bits per heavy atom. The van der Waals surface area contributed by atoms with Crippen LogP contribution >= 0.6 is 35.3 Å². The highest BCUT2D eigenvalue weighted by molar-refractivity contribution is 14.0. The molecule has 11 heteroatoms. The number of alkyl halides is 3. The summed E-state index contributed by atoms with van der Waals surface area (Å²) < 4.78 is 43.3. The number of ether oxygens (including phenoxy) is 1. The smallest absolute Gasteiger partial charge is 0.381 e. The van der Waals surface area contributed by atoms with E-state index in [1.165, 1.54) is 0 Å². The van der Waals surface area contributed by atoms with Gasteiger partial charge in [0.1, 0.15) is 5.01 Å². The Bertz CT molecular complexity index is 629. The van der Waals surface area contributed by atoms with Crippen molar-refractivity contribution in [3.8, 4) is 0 Å². The molecule has 0 aliphatic carbocycles. The average molecular weight is 533 g/mol. The van der Waals surface area contributed by atoms with Gasteiger partial charge in [-0.2, -0.15) is 13.2 Å². The maximum absolute atomic E-state index is 12.6. The van der Waals surface area contributed by atoms with Crippen molar-refractivity contribution in [3.05, 3.63) is 16.1 Å². The van der Waals surface area contributed by atoms with E-state index >= 15 is 0 Å². The Morgan fingerprint density at radius 1 is 1.36 bits per heavy atom. The van der Waals surface area contributed by atoms with Gasteiger partial charge in [0.2, 0.25) is 0 Å². The monoisotopic (exact) mass is 533 g/mol. The third-order valence-corrected chi connectivity index (χ3v) is 5.79. The minimum Gasteiger partial charge on any atom is -0.381 e. The Morgan fingerprint density at radius 2 is 2.11 bits per heavy atom. The van der Waals surface area contributed by atoms with Crippen molar-refractivity contribution in [1.29, 1.82) is 0 Å². The quantitative estimate of drug-likeness (QED) is 0.347. The molecule has 0 radical (unpaired) electrons. The molecule has 3 rings (SSSR count). The molecule has 2 N–H and O–H groups in total. The lowest BCUT2D eigenvalue weighted by molar-refractivity contribution is -0.140. The van der Waals surface area contributed by atoms with Gasteiger partial charge in [-0.3, -0.25) is 4.99 Å². The van der Waals surface area contributed by atoms with Crippen LogP contribution in [0.1, 0.15) is 30.0 Å². The molecule has 2 aliphatic rings. The number of nitrogens with one attached hydrogen (secondary N) is 2. The zero-order chi connectivity index (χ0) is 19.3. The van der Waals surface area contributed by atoms with E-state index in [-0.39, 0.29) is 30.5 Å². The second-order valence-corrected chi connectivity index (χ2v) is 7.94. The fourth-order valence-corrected chi connectivity index (χ4v) is 4.16. The second kappa shape index (κ2) is 10.9. The first-order valence-electron chi connectivity index (χ1n) is 9.23. The van der Waals surface area contributed by atoms with E-state index in [9.17, 15) is 13.2 Å². The van der Waals surface area contributed by atoms with Gasteiger partial charge < -0.3 is 20.3 Å². The van der Waals surface area contributed by atoms with Crippen LogP contribution in [0.25, 0.3) is 0 Å². The zero-order valence-electron chi connectivity index (χ0n) is 15.8. The summed E-state index contributed by atoms with van der Waals surface area (Å²) in [6.07, 6.45) is -1.21. The Balaban J connectivity index is 0.00000280. The summed E-state index contributed by atoms with van der Waals surface area (Å²) in [7, 11) is 1.66. The van der Waals surface area contributed by atoms with Crippen molar-refractivity contribution in [3.63, 3.8) is 0 Å². The van der Waals surface area contributed by atoms with Gasteiger partial charge in [0, 0.05) is 44.7 Å². The van der Waals surface area contributed by atoms with Gasteiger partial charge in [-0.1, -0.05) is 0 Å². The molecule has 28 heavy (non-hydrogen) atoms. The van der Waals surface area contributed by atoms with Crippen molar-refractivity contribution < 1.29 is 17.9 Å². The molecule has 1 atom stereocenters. The third-order valence-electron chi connectivity index (χ3n) is 4.94. The van der Waals surface area contributed by atoms with Crippen molar-refractivity contribution >= 4 is 41.3 Å². The van der Waals surface area contributed by atoms with E-state index < -0.39 is 11.9 Å². The molecule has 1 unspecified atom stereocenters. The molecule has 160 valence electrons. The first kappa shape index (κ1) is 23.6. The lowest BCUT2D eigenvalue weighted by Gasteiger charge is -2.34.